The molecule has 1 atom stereocenters. The van der Waals surface area contributed by atoms with Crippen molar-refractivity contribution >= 4 is 17.2 Å². The Kier molecular flexibility index (Phi) is 5.49. The average molecular weight is 240 g/mol. The molecule has 0 radical (unpaired) electrons. The number of thiophene rings is 1. The summed E-state index contributed by atoms with van der Waals surface area (Å²) in [5.74, 6) is 0.0602. The lowest BCUT2D eigenvalue weighted by Crippen LogP contribution is -2.38. The van der Waals surface area contributed by atoms with E-state index in [0.717, 1.165) is 6.42 Å². The van der Waals surface area contributed by atoms with Crippen LogP contribution in [0.1, 0.15) is 38.1 Å². The fourth-order valence-electron chi connectivity index (χ4n) is 1.52. The van der Waals surface area contributed by atoms with Gasteiger partial charge in [-0.25, -0.2) is 0 Å². The van der Waals surface area contributed by atoms with E-state index >= 15 is 0 Å². The monoisotopic (exact) mass is 240 g/mol. The van der Waals surface area contributed by atoms with E-state index in [1.54, 1.807) is 11.3 Å². The minimum atomic E-state index is 0.0602. The summed E-state index contributed by atoms with van der Waals surface area (Å²) in [6.45, 7) is 6.44. The SMILES string of the molecule is CCC(NCC(=O)NC(C)C)c1cccs1. The van der Waals surface area contributed by atoms with Gasteiger partial charge in [0.05, 0.1) is 6.54 Å². The maximum atomic E-state index is 11.5. The Morgan fingerprint density at radius 1 is 1.50 bits per heavy atom. The molecule has 0 spiro atoms. The molecule has 1 unspecified atom stereocenters. The molecule has 1 aromatic heterocycles. The van der Waals surface area contributed by atoms with Gasteiger partial charge in [-0.05, 0) is 31.7 Å². The van der Waals surface area contributed by atoms with Crippen molar-refractivity contribution in [2.24, 2.45) is 0 Å². The summed E-state index contributed by atoms with van der Waals surface area (Å²) in [7, 11) is 0. The molecule has 0 fully saturated rings. The van der Waals surface area contributed by atoms with Gasteiger partial charge >= 0.3 is 0 Å². The van der Waals surface area contributed by atoms with Crippen LogP contribution in [0.5, 0.6) is 0 Å². The van der Waals surface area contributed by atoms with Gasteiger partial charge in [-0.3, -0.25) is 4.79 Å². The molecule has 0 saturated carbocycles. The zero-order valence-electron chi connectivity index (χ0n) is 10.1. The third-order valence-electron chi connectivity index (χ3n) is 2.25. The molecule has 3 nitrogen and oxygen atoms in total. The molecule has 1 aromatic rings. The number of carbonyl (C=O) groups excluding carboxylic acids is 1. The number of hydrogen-bond acceptors (Lipinski definition) is 3. The molecule has 0 aliphatic heterocycles. The first-order valence-electron chi connectivity index (χ1n) is 5.69. The van der Waals surface area contributed by atoms with Crippen LogP contribution in [0, 0.1) is 0 Å². The molecule has 90 valence electrons. The van der Waals surface area contributed by atoms with E-state index in [-0.39, 0.29) is 18.0 Å². The van der Waals surface area contributed by atoms with E-state index < -0.39 is 0 Å². The summed E-state index contributed by atoms with van der Waals surface area (Å²) in [5, 5.41) is 8.21. The first kappa shape index (κ1) is 13.2. The molecule has 0 bridgehead atoms. The predicted octanol–water partition coefficient (Wildman–Crippen LogP) is 2.31. The Morgan fingerprint density at radius 3 is 2.75 bits per heavy atom. The zero-order chi connectivity index (χ0) is 12.0. The van der Waals surface area contributed by atoms with Crippen LogP contribution < -0.4 is 10.6 Å². The van der Waals surface area contributed by atoms with Crippen molar-refractivity contribution in [3.05, 3.63) is 22.4 Å². The highest BCUT2D eigenvalue weighted by Gasteiger charge is 2.11. The van der Waals surface area contributed by atoms with Crippen molar-refractivity contribution in [2.75, 3.05) is 6.54 Å². The Hall–Kier alpha value is -0.870. The van der Waals surface area contributed by atoms with Gasteiger partial charge in [-0.1, -0.05) is 13.0 Å². The molecule has 4 heteroatoms. The van der Waals surface area contributed by atoms with Crippen molar-refractivity contribution in [3.8, 4) is 0 Å². The second-order valence-corrected chi connectivity index (χ2v) is 5.06. The van der Waals surface area contributed by atoms with Gasteiger partial charge in [0.15, 0.2) is 0 Å². The highest BCUT2D eigenvalue weighted by molar-refractivity contribution is 7.10. The topological polar surface area (TPSA) is 41.1 Å². The smallest absolute Gasteiger partial charge is 0.234 e. The van der Waals surface area contributed by atoms with Crippen LogP contribution in [-0.2, 0) is 4.79 Å². The minimum Gasteiger partial charge on any atom is -0.353 e. The summed E-state index contributed by atoms with van der Waals surface area (Å²) >= 11 is 1.73. The molecule has 16 heavy (non-hydrogen) atoms. The average Bonchev–Trinajstić information content (AvgIpc) is 2.71. The number of amides is 1. The second kappa shape index (κ2) is 6.66. The van der Waals surface area contributed by atoms with Crippen LogP contribution in [0.2, 0.25) is 0 Å². The van der Waals surface area contributed by atoms with Crippen molar-refractivity contribution < 1.29 is 4.79 Å². The third-order valence-corrected chi connectivity index (χ3v) is 3.24. The molecule has 1 rings (SSSR count). The van der Waals surface area contributed by atoms with Crippen molar-refractivity contribution in [3.63, 3.8) is 0 Å². The number of carbonyl (C=O) groups is 1. The number of hydrogen-bond donors (Lipinski definition) is 2. The van der Waals surface area contributed by atoms with Gasteiger partial charge in [0.25, 0.3) is 0 Å². The Bertz CT molecular complexity index is 309. The lowest BCUT2D eigenvalue weighted by Gasteiger charge is -2.16. The number of nitrogens with one attached hydrogen (secondary N) is 2. The van der Waals surface area contributed by atoms with Crippen LogP contribution >= 0.6 is 11.3 Å². The van der Waals surface area contributed by atoms with Crippen LogP contribution in [0.3, 0.4) is 0 Å². The van der Waals surface area contributed by atoms with Gasteiger partial charge in [0.2, 0.25) is 5.91 Å². The zero-order valence-corrected chi connectivity index (χ0v) is 10.9. The molecule has 0 aliphatic rings. The summed E-state index contributed by atoms with van der Waals surface area (Å²) < 4.78 is 0. The summed E-state index contributed by atoms with van der Waals surface area (Å²) in [5.41, 5.74) is 0. The van der Waals surface area contributed by atoms with Crippen molar-refractivity contribution in [2.45, 2.75) is 39.3 Å². The molecule has 0 aliphatic carbocycles. The largest absolute Gasteiger partial charge is 0.353 e. The van der Waals surface area contributed by atoms with Gasteiger partial charge in [0.1, 0.15) is 0 Å². The molecule has 2 N–H and O–H groups in total. The highest BCUT2D eigenvalue weighted by Crippen LogP contribution is 2.21. The van der Waals surface area contributed by atoms with Crippen LogP contribution in [0.25, 0.3) is 0 Å². The standard InChI is InChI=1S/C12H20N2OS/c1-4-10(11-6-5-7-16-11)13-8-12(15)14-9(2)3/h5-7,9-10,13H,4,8H2,1-3H3,(H,14,15). The molecule has 0 aromatic carbocycles. The Balaban J connectivity index is 2.38. The second-order valence-electron chi connectivity index (χ2n) is 4.08. The molecule has 0 saturated heterocycles. The molecule has 1 amide bonds. The van der Waals surface area contributed by atoms with Crippen LogP contribution in [-0.4, -0.2) is 18.5 Å². The van der Waals surface area contributed by atoms with Gasteiger partial charge in [-0.2, -0.15) is 0 Å². The quantitative estimate of drug-likeness (QED) is 0.801. The van der Waals surface area contributed by atoms with Gasteiger partial charge in [-0.15, -0.1) is 11.3 Å². The van der Waals surface area contributed by atoms with E-state index in [9.17, 15) is 4.79 Å². The predicted molar refractivity (Wildman–Crippen MR) is 68.6 cm³/mol. The highest BCUT2D eigenvalue weighted by atomic mass is 32.1. The van der Waals surface area contributed by atoms with Gasteiger partial charge in [0, 0.05) is 17.0 Å². The molecule has 1 heterocycles. The van der Waals surface area contributed by atoms with Crippen molar-refractivity contribution in [1.29, 1.82) is 0 Å². The van der Waals surface area contributed by atoms with Gasteiger partial charge < -0.3 is 10.6 Å². The summed E-state index contributed by atoms with van der Waals surface area (Å²) in [6.07, 6.45) is 0.996. The maximum absolute atomic E-state index is 11.5. The first-order valence-corrected chi connectivity index (χ1v) is 6.57. The lowest BCUT2D eigenvalue weighted by atomic mass is 10.2. The molecular weight excluding hydrogens is 220 g/mol. The fourth-order valence-corrected chi connectivity index (χ4v) is 2.41. The van der Waals surface area contributed by atoms with E-state index in [1.165, 1.54) is 4.88 Å². The first-order chi connectivity index (χ1) is 7.63. The van der Waals surface area contributed by atoms with Crippen molar-refractivity contribution in [1.82, 2.24) is 10.6 Å². The maximum Gasteiger partial charge on any atom is 0.234 e. The lowest BCUT2D eigenvalue weighted by molar-refractivity contribution is -0.120. The minimum absolute atomic E-state index is 0.0602. The Morgan fingerprint density at radius 2 is 2.25 bits per heavy atom. The molecular formula is C12H20N2OS. The Labute approximate surface area is 101 Å². The normalized spacial score (nSPS) is 12.8. The van der Waals surface area contributed by atoms with E-state index in [1.807, 2.05) is 19.9 Å². The fraction of sp³-hybridized carbons (Fsp3) is 0.583. The van der Waals surface area contributed by atoms with Crippen LogP contribution in [0.15, 0.2) is 17.5 Å². The summed E-state index contributed by atoms with van der Waals surface area (Å²) in [6, 6.07) is 4.64. The van der Waals surface area contributed by atoms with Crippen LogP contribution in [0.4, 0.5) is 0 Å². The summed E-state index contributed by atoms with van der Waals surface area (Å²) in [4.78, 5) is 12.8. The van der Waals surface area contributed by atoms with E-state index in [4.69, 9.17) is 0 Å². The van der Waals surface area contributed by atoms with E-state index in [2.05, 4.69) is 29.0 Å². The third kappa shape index (κ3) is 4.33. The number of rotatable bonds is 6. The van der Waals surface area contributed by atoms with E-state index in [0.29, 0.717) is 6.54 Å².